The van der Waals surface area contributed by atoms with Crippen molar-refractivity contribution in [1.82, 2.24) is 4.90 Å². The van der Waals surface area contributed by atoms with Crippen LogP contribution in [0, 0.1) is 5.92 Å². The highest BCUT2D eigenvalue weighted by molar-refractivity contribution is 5.74. The fraction of sp³-hybridized carbons (Fsp3) is 0.929. The molecule has 1 aliphatic carbocycles. The lowest BCUT2D eigenvalue weighted by molar-refractivity contribution is -0.153. The molecule has 0 amide bonds. The first-order valence-corrected chi connectivity index (χ1v) is 7.28. The van der Waals surface area contributed by atoms with Gasteiger partial charge in [-0.25, -0.2) is 0 Å². The Morgan fingerprint density at radius 2 is 1.83 bits per heavy atom. The Bertz CT molecular complexity index is 259. The van der Waals surface area contributed by atoms with E-state index in [0.717, 1.165) is 25.9 Å². The molecule has 0 aliphatic heterocycles. The molecule has 106 valence electrons. The van der Waals surface area contributed by atoms with E-state index in [1.54, 1.807) is 0 Å². The third-order valence-electron chi connectivity index (χ3n) is 4.32. The summed E-state index contributed by atoms with van der Waals surface area (Å²) in [6, 6.07) is 0. The van der Waals surface area contributed by atoms with Crippen molar-refractivity contribution in [3.05, 3.63) is 0 Å². The van der Waals surface area contributed by atoms with Crippen LogP contribution in [-0.4, -0.2) is 42.6 Å². The molecule has 0 bridgehead atoms. The summed E-state index contributed by atoms with van der Waals surface area (Å²) in [5.41, 5.74) is 5.82. The van der Waals surface area contributed by atoms with Crippen LogP contribution in [0.3, 0.4) is 0 Å². The van der Waals surface area contributed by atoms with Crippen molar-refractivity contribution in [1.29, 1.82) is 0 Å². The molecule has 2 N–H and O–H groups in total. The van der Waals surface area contributed by atoms with Crippen LogP contribution >= 0.6 is 0 Å². The van der Waals surface area contributed by atoms with Gasteiger partial charge in [-0.15, -0.1) is 0 Å². The van der Waals surface area contributed by atoms with Gasteiger partial charge in [-0.2, -0.15) is 0 Å². The number of nitrogens with zero attached hydrogens (tertiary/aromatic N) is 1. The Kier molecular flexibility index (Phi) is 6.09. The molecule has 18 heavy (non-hydrogen) atoms. The molecule has 0 radical (unpaired) electrons. The molecule has 1 fully saturated rings. The second kappa shape index (κ2) is 7.10. The molecule has 0 aromatic carbocycles. The van der Waals surface area contributed by atoms with E-state index in [-0.39, 0.29) is 17.4 Å². The highest BCUT2D eigenvalue weighted by atomic mass is 16.5. The quantitative estimate of drug-likeness (QED) is 0.705. The van der Waals surface area contributed by atoms with Gasteiger partial charge in [0, 0.05) is 12.1 Å². The number of hydrogen-bond donors (Lipinski definition) is 1. The van der Waals surface area contributed by atoms with Crippen LogP contribution in [0.25, 0.3) is 0 Å². The third-order valence-corrected chi connectivity index (χ3v) is 4.32. The van der Waals surface area contributed by atoms with Crippen molar-refractivity contribution < 1.29 is 9.53 Å². The summed E-state index contributed by atoms with van der Waals surface area (Å²) in [4.78, 5) is 14.6. The van der Waals surface area contributed by atoms with E-state index in [0.29, 0.717) is 13.2 Å². The zero-order valence-electron chi connectivity index (χ0n) is 12.1. The van der Waals surface area contributed by atoms with E-state index in [4.69, 9.17) is 10.5 Å². The topological polar surface area (TPSA) is 55.6 Å². The summed E-state index contributed by atoms with van der Waals surface area (Å²) < 4.78 is 5.23. The average Bonchev–Trinajstić information content (AvgIpc) is 2.82. The average molecular weight is 256 g/mol. The first kappa shape index (κ1) is 15.4. The number of esters is 1. The number of carbonyl (C=O) groups is 1. The van der Waals surface area contributed by atoms with E-state index in [1.165, 1.54) is 12.8 Å². The van der Waals surface area contributed by atoms with E-state index in [9.17, 15) is 4.79 Å². The maximum absolute atomic E-state index is 12.2. The Labute approximate surface area is 111 Å². The smallest absolute Gasteiger partial charge is 0.312 e. The minimum atomic E-state index is -0.181. The Morgan fingerprint density at radius 1 is 1.28 bits per heavy atom. The number of hydrogen-bond acceptors (Lipinski definition) is 4. The van der Waals surface area contributed by atoms with Crippen LogP contribution in [-0.2, 0) is 9.53 Å². The number of nitrogens with two attached hydrogens (primary N) is 1. The van der Waals surface area contributed by atoms with Crippen LogP contribution < -0.4 is 5.73 Å². The van der Waals surface area contributed by atoms with Crippen molar-refractivity contribution in [2.45, 2.75) is 52.0 Å². The molecule has 0 saturated heterocycles. The first-order chi connectivity index (χ1) is 8.66. The Hall–Kier alpha value is -0.610. The second-order valence-corrected chi connectivity index (χ2v) is 5.02. The van der Waals surface area contributed by atoms with E-state index >= 15 is 0 Å². The lowest BCUT2D eigenvalue weighted by Gasteiger charge is -2.44. The van der Waals surface area contributed by atoms with E-state index in [1.807, 2.05) is 6.92 Å². The summed E-state index contributed by atoms with van der Waals surface area (Å²) in [7, 11) is 0. The van der Waals surface area contributed by atoms with Crippen molar-refractivity contribution >= 4 is 5.97 Å². The Balaban J connectivity index is 2.96. The van der Waals surface area contributed by atoms with Crippen LogP contribution in [0.4, 0.5) is 0 Å². The maximum Gasteiger partial charge on any atom is 0.312 e. The molecule has 4 heteroatoms. The standard InChI is InChI=1S/C14H28N2O2/c1-4-16(5-2)14(9-7-8-10-14)12(11-15)13(17)18-6-3/h12H,4-11,15H2,1-3H3. The highest BCUT2D eigenvalue weighted by Gasteiger charge is 2.48. The molecule has 1 unspecified atom stereocenters. The van der Waals surface area contributed by atoms with Crippen LogP contribution in [0.5, 0.6) is 0 Å². The molecular weight excluding hydrogens is 228 g/mol. The van der Waals surface area contributed by atoms with Crippen molar-refractivity contribution in [3.8, 4) is 0 Å². The SMILES string of the molecule is CCOC(=O)C(CN)C1(N(CC)CC)CCCC1. The molecular formula is C14H28N2O2. The van der Waals surface area contributed by atoms with Gasteiger partial charge in [-0.3, -0.25) is 9.69 Å². The zero-order valence-corrected chi connectivity index (χ0v) is 12.1. The van der Waals surface area contributed by atoms with Crippen molar-refractivity contribution in [2.75, 3.05) is 26.2 Å². The van der Waals surface area contributed by atoms with Gasteiger partial charge < -0.3 is 10.5 Å². The first-order valence-electron chi connectivity index (χ1n) is 7.28. The predicted molar refractivity (Wildman–Crippen MR) is 73.3 cm³/mol. The number of rotatable bonds is 7. The summed E-state index contributed by atoms with van der Waals surface area (Å²) in [6.45, 7) is 8.91. The molecule has 1 saturated carbocycles. The molecule has 1 rings (SSSR count). The fourth-order valence-corrected chi connectivity index (χ4v) is 3.50. The van der Waals surface area contributed by atoms with Gasteiger partial charge in [-0.05, 0) is 32.9 Å². The Morgan fingerprint density at radius 3 is 2.22 bits per heavy atom. The van der Waals surface area contributed by atoms with Crippen LogP contribution in [0.15, 0.2) is 0 Å². The molecule has 1 aliphatic rings. The van der Waals surface area contributed by atoms with Gasteiger partial charge in [0.1, 0.15) is 0 Å². The van der Waals surface area contributed by atoms with Gasteiger partial charge >= 0.3 is 5.97 Å². The van der Waals surface area contributed by atoms with Gasteiger partial charge in [-0.1, -0.05) is 26.7 Å². The lowest BCUT2D eigenvalue weighted by atomic mass is 9.80. The molecule has 0 heterocycles. The molecule has 0 aromatic heterocycles. The zero-order chi connectivity index (χ0) is 13.6. The molecule has 0 aromatic rings. The van der Waals surface area contributed by atoms with E-state index < -0.39 is 0 Å². The van der Waals surface area contributed by atoms with E-state index in [2.05, 4.69) is 18.7 Å². The monoisotopic (exact) mass is 256 g/mol. The normalized spacial score (nSPS) is 20.1. The van der Waals surface area contributed by atoms with Crippen LogP contribution in [0.2, 0.25) is 0 Å². The third kappa shape index (κ3) is 2.86. The molecule has 4 nitrogen and oxygen atoms in total. The molecule has 1 atom stereocenters. The van der Waals surface area contributed by atoms with Gasteiger partial charge in [0.05, 0.1) is 12.5 Å². The van der Waals surface area contributed by atoms with Crippen molar-refractivity contribution in [3.63, 3.8) is 0 Å². The number of carbonyl (C=O) groups excluding carboxylic acids is 1. The lowest BCUT2D eigenvalue weighted by Crippen LogP contribution is -2.57. The van der Waals surface area contributed by atoms with Crippen LogP contribution in [0.1, 0.15) is 46.5 Å². The summed E-state index contributed by atoms with van der Waals surface area (Å²) >= 11 is 0. The largest absolute Gasteiger partial charge is 0.466 e. The van der Waals surface area contributed by atoms with Gasteiger partial charge in [0.25, 0.3) is 0 Å². The summed E-state index contributed by atoms with van der Waals surface area (Å²) in [5, 5.41) is 0. The minimum Gasteiger partial charge on any atom is -0.466 e. The summed E-state index contributed by atoms with van der Waals surface area (Å²) in [6.07, 6.45) is 4.50. The second-order valence-electron chi connectivity index (χ2n) is 5.02. The van der Waals surface area contributed by atoms with Crippen molar-refractivity contribution in [2.24, 2.45) is 11.7 Å². The maximum atomic E-state index is 12.2. The highest BCUT2D eigenvalue weighted by Crippen LogP contribution is 2.41. The number of ether oxygens (including phenoxy) is 1. The fourth-order valence-electron chi connectivity index (χ4n) is 3.50. The summed E-state index contributed by atoms with van der Waals surface area (Å²) in [5.74, 6) is -0.298. The van der Waals surface area contributed by atoms with Gasteiger partial charge in [0.2, 0.25) is 0 Å². The molecule has 0 spiro atoms. The minimum absolute atomic E-state index is 0.0650. The predicted octanol–water partition coefficient (Wildman–Crippen LogP) is 1.78. The van der Waals surface area contributed by atoms with Gasteiger partial charge in [0.15, 0.2) is 0 Å².